The van der Waals surface area contributed by atoms with Gasteiger partial charge in [-0.15, -0.1) is 0 Å². The fourth-order valence-electron chi connectivity index (χ4n) is 4.08. The molecule has 5 heteroatoms. The van der Waals surface area contributed by atoms with E-state index >= 15 is 0 Å². The summed E-state index contributed by atoms with van der Waals surface area (Å²) in [6, 6.07) is 11.2. The summed E-state index contributed by atoms with van der Waals surface area (Å²) >= 11 is 0. The molecule has 0 spiro atoms. The van der Waals surface area contributed by atoms with Crippen LogP contribution in [0.2, 0.25) is 0 Å². The van der Waals surface area contributed by atoms with Crippen LogP contribution in [0.1, 0.15) is 37.3 Å². The van der Waals surface area contributed by atoms with E-state index in [4.69, 9.17) is 4.74 Å². The normalized spacial score (nSPS) is 24.8. The quantitative estimate of drug-likeness (QED) is 0.886. The lowest BCUT2D eigenvalue weighted by molar-refractivity contribution is -0.128. The Morgan fingerprint density at radius 1 is 1.00 bits per heavy atom. The molecule has 1 atom stereocenters. The number of ether oxygens (including phenoxy) is 1. The Morgan fingerprint density at radius 2 is 1.68 bits per heavy atom. The van der Waals surface area contributed by atoms with Crippen molar-refractivity contribution in [1.82, 2.24) is 15.1 Å². The number of carbonyl (C=O) groups is 1. The summed E-state index contributed by atoms with van der Waals surface area (Å²) in [4.78, 5) is 17.9. The molecule has 2 heterocycles. The van der Waals surface area contributed by atoms with Crippen molar-refractivity contribution in [1.29, 1.82) is 0 Å². The highest BCUT2D eigenvalue weighted by Gasteiger charge is 2.34. The zero-order chi connectivity index (χ0) is 17.1. The maximum absolute atomic E-state index is 12.9. The minimum absolute atomic E-state index is 0.154. The van der Waals surface area contributed by atoms with E-state index in [1.807, 2.05) is 18.2 Å². The second-order valence-corrected chi connectivity index (χ2v) is 7.51. The zero-order valence-corrected chi connectivity index (χ0v) is 14.9. The molecule has 0 unspecified atom stereocenters. The van der Waals surface area contributed by atoms with E-state index in [1.54, 1.807) is 0 Å². The van der Waals surface area contributed by atoms with Crippen LogP contribution in [0.4, 0.5) is 0 Å². The van der Waals surface area contributed by atoms with Crippen molar-refractivity contribution in [2.75, 3.05) is 39.4 Å². The molecular formula is C20H29N3O2. The van der Waals surface area contributed by atoms with E-state index in [1.165, 1.54) is 0 Å². The predicted octanol–water partition coefficient (Wildman–Crippen LogP) is 1.80. The Hall–Kier alpha value is -1.43. The van der Waals surface area contributed by atoms with Crippen molar-refractivity contribution >= 4 is 5.91 Å². The Kier molecular flexibility index (Phi) is 5.34. The van der Waals surface area contributed by atoms with Crippen molar-refractivity contribution in [2.45, 2.75) is 43.8 Å². The fourth-order valence-corrected chi connectivity index (χ4v) is 4.08. The molecule has 3 aliphatic rings. The SMILES string of the molecule is O=C(NC1CC1)[C@@H](c1ccccc1)N1CCN(C2CCOCC2)CC1. The number of benzene rings is 1. The van der Waals surface area contributed by atoms with Crippen LogP contribution in [0.25, 0.3) is 0 Å². The van der Waals surface area contributed by atoms with Crippen LogP contribution in [0.15, 0.2) is 30.3 Å². The van der Waals surface area contributed by atoms with Gasteiger partial charge in [-0.2, -0.15) is 0 Å². The molecule has 0 aromatic heterocycles. The van der Waals surface area contributed by atoms with Crippen LogP contribution in [0, 0.1) is 0 Å². The molecule has 5 nitrogen and oxygen atoms in total. The molecule has 1 aromatic carbocycles. The van der Waals surface area contributed by atoms with Gasteiger partial charge >= 0.3 is 0 Å². The molecule has 2 aliphatic heterocycles. The van der Waals surface area contributed by atoms with Crippen molar-refractivity contribution in [3.05, 3.63) is 35.9 Å². The smallest absolute Gasteiger partial charge is 0.242 e. The van der Waals surface area contributed by atoms with Gasteiger partial charge in [0.05, 0.1) is 0 Å². The lowest BCUT2D eigenvalue weighted by atomic mass is 10.0. The third-order valence-electron chi connectivity index (χ3n) is 5.71. The number of nitrogens with zero attached hydrogens (tertiary/aromatic N) is 2. The third kappa shape index (κ3) is 4.22. The van der Waals surface area contributed by atoms with Crippen molar-refractivity contribution in [3.63, 3.8) is 0 Å². The molecule has 0 bridgehead atoms. The molecule has 1 amide bonds. The molecule has 2 saturated heterocycles. The topological polar surface area (TPSA) is 44.8 Å². The van der Waals surface area contributed by atoms with Crippen molar-refractivity contribution in [3.8, 4) is 0 Å². The van der Waals surface area contributed by atoms with Crippen LogP contribution in [-0.4, -0.2) is 67.2 Å². The van der Waals surface area contributed by atoms with Gasteiger partial charge in [0, 0.05) is 51.5 Å². The largest absolute Gasteiger partial charge is 0.381 e. The molecule has 25 heavy (non-hydrogen) atoms. The van der Waals surface area contributed by atoms with Crippen molar-refractivity contribution < 1.29 is 9.53 Å². The molecule has 1 saturated carbocycles. The molecule has 0 radical (unpaired) electrons. The summed E-state index contributed by atoms with van der Waals surface area (Å²) in [6.07, 6.45) is 4.55. The van der Waals surface area contributed by atoms with E-state index in [-0.39, 0.29) is 11.9 Å². The van der Waals surface area contributed by atoms with Gasteiger partial charge in [-0.3, -0.25) is 14.6 Å². The molecule has 4 rings (SSSR count). The van der Waals surface area contributed by atoms with Gasteiger partial charge < -0.3 is 10.1 Å². The molecule has 136 valence electrons. The average molecular weight is 343 g/mol. The van der Waals surface area contributed by atoms with Gasteiger partial charge in [0.25, 0.3) is 0 Å². The monoisotopic (exact) mass is 343 g/mol. The zero-order valence-electron chi connectivity index (χ0n) is 14.9. The standard InChI is InChI=1S/C20H29N3O2/c24-20(21-17-6-7-17)19(16-4-2-1-3-5-16)23-12-10-22(11-13-23)18-8-14-25-15-9-18/h1-5,17-19H,6-15H2,(H,21,24)/t19-/m1/s1. The number of carbonyl (C=O) groups excluding carboxylic acids is 1. The highest BCUT2D eigenvalue weighted by atomic mass is 16.5. The van der Waals surface area contributed by atoms with E-state index in [9.17, 15) is 4.79 Å². The predicted molar refractivity (Wildman–Crippen MR) is 97.3 cm³/mol. The van der Waals surface area contributed by atoms with Gasteiger partial charge in [0.1, 0.15) is 6.04 Å². The average Bonchev–Trinajstić information content (AvgIpc) is 3.48. The first-order chi connectivity index (χ1) is 12.3. The van der Waals surface area contributed by atoms with Gasteiger partial charge in [0.15, 0.2) is 0 Å². The number of nitrogens with one attached hydrogen (secondary N) is 1. The second kappa shape index (κ2) is 7.85. The molecule has 1 aliphatic carbocycles. The second-order valence-electron chi connectivity index (χ2n) is 7.51. The molecular weight excluding hydrogens is 314 g/mol. The number of rotatable bonds is 5. The minimum atomic E-state index is -0.154. The summed E-state index contributed by atoms with van der Waals surface area (Å²) in [5, 5.41) is 3.21. The Labute approximate surface area is 150 Å². The lowest BCUT2D eigenvalue weighted by Gasteiger charge is -2.42. The maximum atomic E-state index is 12.9. The third-order valence-corrected chi connectivity index (χ3v) is 5.71. The Bertz CT molecular complexity index is 562. The summed E-state index contributed by atoms with van der Waals surface area (Å²) in [5.41, 5.74) is 1.11. The van der Waals surface area contributed by atoms with Crippen LogP contribution in [0.5, 0.6) is 0 Å². The Balaban J connectivity index is 1.42. The van der Waals surface area contributed by atoms with E-state index in [0.29, 0.717) is 12.1 Å². The van der Waals surface area contributed by atoms with Crippen LogP contribution >= 0.6 is 0 Å². The van der Waals surface area contributed by atoms with Crippen LogP contribution in [-0.2, 0) is 9.53 Å². The van der Waals surface area contributed by atoms with Crippen LogP contribution in [0.3, 0.4) is 0 Å². The van der Waals surface area contributed by atoms with Gasteiger partial charge in [-0.05, 0) is 31.2 Å². The summed E-state index contributed by atoms with van der Waals surface area (Å²) < 4.78 is 5.49. The lowest BCUT2D eigenvalue weighted by Crippen LogP contribution is -2.54. The van der Waals surface area contributed by atoms with E-state index in [0.717, 1.165) is 70.6 Å². The fraction of sp³-hybridized carbons (Fsp3) is 0.650. The summed E-state index contributed by atoms with van der Waals surface area (Å²) in [7, 11) is 0. The summed E-state index contributed by atoms with van der Waals surface area (Å²) in [6.45, 7) is 5.78. The van der Waals surface area contributed by atoms with Gasteiger partial charge in [0.2, 0.25) is 5.91 Å². The van der Waals surface area contributed by atoms with E-state index < -0.39 is 0 Å². The molecule has 1 aromatic rings. The Morgan fingerprint density at radius 3 is 2.32 bits per heavy atom. The maximum Gasteiger partial charge on any atom is 0.242 e. The number of amides is 1. The first kappa shape index (κ1) is 17.0. The van der Waals surface area contributed by atoms with Crippen LogP contribution < -0.4 is 5.32 Å². The van der Waals surface area contributed by atoms with Gasteiger partial charge in [-0.25, -0.2) is 0 Å². The first-order valence-corrected chi connectivity index (χ1v) is 9.72. The number of piperazine rings is 1. The highest BCUT2D eigenvalue weighted by Crippen LogP contribution is 2.27. The van der Waals surface area contributed by atoms with Gasteiger partial charge in [-0.1, -0.05) is 30.3 Å². The highest BCUT2D eigenvalue weighted by molar-refractivity contribution is 5.83. The van der Waals surface area contributed by atoms with Crippen molar-refractivity contribution in [2.24, 2.45) is 0 Å². The number of hydrogen-bond acceptors (Lipinski definition) is 4. The summed E-state index contributed by atoms with van der Waals surface area (Å²) in [5.74, 6) is 0.174. The minimum Gasteiger partial charge on any atom is -0.381 e. The number of hydrogen-bond donors (Lipinski definition) is 1. The molecule has 1 N–H and O–H groups in total. The molecule has 3 fully saturated rings. The first-order valence-electron chi connectivity index (χ1n) is 9.72. The van der Waals surface area contributed by atoms with E-state index in [2.05, 4.69) is 27.2 Å².